The zero-order chi connectivity index (χ0) is 20.1. The van der Waals surface area contributed by atoms with E-state index in [4.69, 9.17) is 11.6 Å². The fourth-order valence-electron chi connectivity index (χ4n) is 4.01. The topological polar surface area (TPSA) is 55.9 Å². The lowest BCUT2D eigenvalue weighted by Gasteiger charge is -2.38. The van der Waals surface area contributed by atoms with Gasteiger partial charge < -0.3 is 20.0 Å². The van der Waals surface area contributed by atoms with Crippen molar-refractivity contribution in [2.24, 2.45) is 5.92 Å². The van der Waals surface area contributed by atoms with Crippen molar-refractivity contribution < 1.29 is 9.59 Å². The number of carbonyl (C=O) groups excluding carboxylic acids is 2. The van der Waals surface area contributed by atoms with Crippen LogP contribution in [0.3, 0.4) is 0 Å². The van der Waals surface area contributed by atoms with Gasteiger partial charge in [-0.2, -0.15) is 0 Å². The van der Waals surface area contributed by atoms with Gasteiger partial charge in [-0.25, -0.2) is 0 Å². The summed E-state index contributed by atoms with van der Waals surface area (Å²) in [7, 11) is 2.17. The van der Waals surface area contributed by atoms with Crippen molar-refractivity contribution >= 4 is 29.1 Å². The maximum Gasteiger partial charge on any atom is 0.255 e. The second-order valence-electron chi connectivity index (χ2n) is 7.95. The van der Waals surface area contributed by atoms with Crippen LogP contribution in [-0.4, -0.2) is 79.4 Å². The second-order valence-corrected chi connectivity index (χ2v) is 8.39. The fraction of sp³-hybridized carbons (Fsp3) is 0.619. The number of likely N-dealkylation sites (N-methyl/N-ethyl adjacent to an activating group) is 1. The van der Waals surface area contributed by atoms with Gasteiger partial charge in [0.25, 0.3) is 5.91 Å². The first-order valence-corrected chi connectivity index (χ1v) is 10.6. The number of amides is 2. The van der Waals surface area contributed by atoms with Gasteiger partial charge in [-0.15, -0.1) is 0 Å². The van der Waals surface area contributed by atoms with Crippen LogP contribution in [0, 0.1) is 5.92 Å². The Hall–Kier alpha value is -1.63. The molecule has 1 unspecified atom stereocenters. The number of hydrogen-bond donors (Lipinski definition) is 1. The van der Waals surface area contributed by atoms with Crippen LogP contribution in [0.15, 0.2) is 18.2 Å². The zero-order valence-corrected chi connectivity index (χ0v) is 17.7. The smallest absolute Gasteiger partial charge is 0.255 e. The Morgan fingerprint density at radius 3 is 2.64 bits per heavy atom. The molecule has 2 saturated heterocycles. The molecule has 0 spiro atoms. The lowest BCUT2D eigenvalue weighted by Crippen LogP contribution is -2.49. The quantitative estimate of drug-likeness (QED) is 0.816. The summed E-state index contributed by atoms with van der Waals surface area (Å²) in [5.41, 5.74) is 1.02. The molecule has 28 heavy (non-hydrogen) atoms. The standard InChI is InChI=1S/C21H31ClN4O2/c1-3-20(27)23-19-13-17(22)6-7-18(19)21(28)26-8-4-5-16(15-26)14-25-11-9-24(2)10-12-25/h6-7,13,16H,3-5,8-12,14-15H2,1-2H3,(H,23,27). The molecule has 2 aliphatic heterocycles. The first-order chi connectivity index (χ1) is 13.5. The Bertz CT molecular complexity index is 704. The molecule has 1 aromatic rings. The third kappa shape index (κ3) is 5.46. The molecule has 3 rings (SSSR count). The fourth-order valence-corrected chi connectivity index (χ4v) is 4.18. The molecule has 2 heterocycles. The summed E-state index contributed by atoms with van der Waals surface area (Å²) in [6.45, 7) is 8.81. The van der Waals surface area contributed by atoms with Crippen molar-refractivity contribution in [2.45, 2.75) is 26.2 Å². The van der Waals surface area contributed by atoms with Gasteiger partial charge in [0.2, 0.25) is 5.91 Å². The molecule has 0 saturated carbocycles. The molecule has 2 aliphatic rings. The van der Waals surface area contributed by atoms with Gasteiger partial charge in [-0.1, -0.05) is 18.5 Å². The number of likely N-dealkylation sites (tertiary alicyclic amines) is 1. The van der Waals surface area contributed by atoms with Gasteiger partial charge in [0, 0.05) is 57.3 Å². The normalized spacial score (nSPS) is 21.5. The molecular weight excluding hydrogens is 376 g/mol. The van der Waals surface area contributed by atoms with Crippen molar-refractivity contribution in [1.29, 1.82) is 0 Å². The molecule has 1 atom stereocenters. The second kappa shape index (κ2) is 9.72. The van der Waals surface area contributed by atoms with E-state index >= 15 is 0 Å². The van der Waals surface area contributed by atoms with Gasteiger partial charge in [-0.3, -0.25) is 9.59 Å². The zero-order valence-electron chi connectivity index (χ0n) is 16.9. The highest BCUT2D eigenvalue weighted by Gasteiger charge is 2.28. The van der Waals surface area contributed by atoms with Crippen molar-refractivity contribution in [1.82, 2.24) is 14.7 Å². The Kier molecular flexibility index (Phi) is 7.32. The summed E-state index contributed by atoms with van der Waals surface area (Å²) in [6, 6.07) is 5.09. The Morgan fingerprint density at radius 2 is 1.93 bits per heavy atom. The molecule has 0 aromatic heterocycles. The summed E-state index contributed by atoms with van der Waals surface area (Å²) in [6.07, 6.45) is 2.54. The van der Waals surface area contributed by atoms with Crippen molar-refractivity contribution in [3.63, 3.8) is 0 Å². The number of anilines is 1. The highest BCUT2D eigenvalue weighted by molar-refractivity contribution is 6.31. The largest absolute Gasteiger partial charge is 0.338 e. The van der Waals surface area contributed by atoms with Crippen molar-refractivity contribution in [2.75, 3.05) is 58.2 Å². The average Bonchev–Trinajstić information content (AvgIpc) is 2.69. The van der Waals surface area contributed by atoms with Gasteiger partial charge in [0.05, 0.1) is 11.3 Å². The number of piperazine rings is 1. The first kappa shape index (κ1) is 21.1. The number of hydrogen-bond acceptors (Lipinski definition) is 4. The van der Waals surface area contributed by atoms with Crippen LogP contribution in [-0.2, 0) is 4.79 Å². The number of nitrogens with one attached hydrogen (secondary N) is 1. The monoisotopic (exact) mass is 406 g/mol. The van der Waals surface area contributed by atoms with Crippen LogP contribution in [0.4, 0.5) is 5.69 Å². The molecule has 0 radical (unpaired) electrons. The summed E-state index contributed by atoms with van der Waals surface area (Å²) in [5, 5.41) is 3.33. The summed E-state index contributed by atoms with van der Waals surface area (Å²) in [4.78, 5) is 31.9. The third-order valence-corrected chi connectivity index (χ3v) is 5.96. The highest BCUT2D eigenvalue weighted by atomic mass is 35.5. The van der Waals surface area contributed by atoms with Crippen LogP contribution < -0.4 is 5.32 Å². The predicted octanol–water partition coefficient (Wildman–Crippen LogP) is 2.79. The van der Waals surface area contributed by atoms with Gasteiger partial charge in [0.1, 0.15) is 0 Å². The summed E-state index contributed by atoms with van der Waals surface area (Å²) >= 11 is 6.09. The third-order valence-electron chi connectivity index (χ3n) is 5.73. The molecule has 154 valence electrons. The minimum Gasteiger partial charge on any atom is -0.338 e. The molecule has 0 bridgehead atoms. The van der Waals surface area contributed by atoms with Crippen molar-refractivity contribution in [3.05, 3.63) is 28.8 Å². The van der Waals surface area contributed by atoms with Crippen LogP contribution in [0.2, 0.25) is 5.02 Å². The summed E-state index contributed by atoms with van der Waals surface area (Å²) < 4.78 is 0. The van der Waals surface area contributed by atoms with Gasteiger partial charge in [-0.05, 0) is 44.0 Å². The molecular formula is C21H31ClN4O2. The number of halogens is 1. The van der Waals surface area contributed by atoms with E-state index in [0.29, 0.717) is 28.6 Å². The molecule has 2 amide bonds. The average molecular weight is 407 g/mol. The Labute approximate surface area is 172 Å². The molecule has 1 N–H and O–H groups in total. The van der Waals surface area contributed by atoms with E-state index < -0.39 is 0 Å². The SMILES string of the molecule is CCC(=O)Nc1cc(Cl)ccc1C(=O)N1CCCC(CN2CCN(C)CC2)C1. The van der Waals surface area contributed by atoms with Crippen molar-refractivity contribution in [3.8, 4) is 0 Å². The lowest BCUT2D eigenvalue weighted by atomic mass is 9.96. The van der Waals surface area contributed by atoms with Crippen LogP contribution in [0.25, 0.3) is 0 Å². The minimum absolute atomic E-state index is 0.0221. The van der Waals surface area contributed by atoms with E-state index in [1.807, 2.05) is 4.90 Å². The van der Waals surface area contributed by atoms with E-state index in [2.05, 4.69) is 22.2 Å². The Balaban J connectivity index is 1.66. The maximum atomic E-state index is 13.2. The number of carbonyl (C=O) groups is 2. The highest BCUT2D eigenvalue weighted by Crippen LogP contribution is 2.26. The molecule has 7 heteroatoms. The van der Waals surface area contributed by atoms with E-state index in [1.165, 1.54) is 0 Å². The number of piperidine rings is 1. The maximum absolute atomic E-state index is 13.2. The van der Waals surface area contributed by atoms with E-state index in [0.717, 1.165) is 58.7 Å². The lowest BCUT2D eigenvalue weighted by molar-refractivity contribution is -0.115. The molecule has 0 aliphatic carbocycles. The van der Waals surface area contributed by atoms with Crippen LogP contribution >= 0.6 is 11.6 Å². The van der Waals surface area contributed by atoms with Crippen LogP contribution in [0.1, 0.15) is 36.5 Å². The van der Waals surface area contributed by atoms with Crippen LogP contribution in [0.5, 0.6) is 0 Å². The molecule has 1 aromatic carbocycles. The van der Waals surface area contributed by atoms with E-state index in [-0.39, 0.29) is 11.8 Å². The first-order valence-electron chi connectivity index (χ1n) is 10.3. The van der Waals surface area contributed by atoms with E-state index in [9.17, 15) is 9.59 Å². The molecule has 2 fully saturated rings. The number of benzene rings is 1. The van der Waals surface area contributed by atoms with Gasteiger partial charge >= 0.3 is 0 Å². The number of rotatable bonds is 5. The Morgan fingerprint density at radius 1 is 1.18 bits per heavy atom. The van der Waals surface area contributed by atoms with Gasteiger partial charge in [0.15, 0.2) is 0 Å². The number of nitrogens with zero attached hydrogens (tertiary/aromatic N) is 3. The predicted molar refractivity (Wildman–Crippen MR) is 113 cm³/mol. The van der Waals surface area contributed by atoms with E-state index in [1.54, 1.807) is 25.1 Å². The minimum atomic E-state index is -0.122. The summed E-state index contributed by atoms with van der Waals surface area (Å²) in [5.74, 6) is 0.358. The molecule has 6 nitrogen and oxygen atoms in total.